The van der Waals surface area contributed by atoms with E-state index in [1.54, 1.807) is 6.20 Å². The number of aryl methyl sites for hydroxylation is 2. The normalized spacial score (nSPS) is 14.8. The summed E-state index contributed by atoms with van der Waals surface area (Å²) in [6, 6.07) is 8.47. The Balaban J connectivity index is 2.03. The standard InChI is InChI=1S/C16H19N3O/c1-12-14(11-20)10-17-16(18-12)19-9-5-4-7-13-6-2-3-8-15(13)19/h2-3,6,8,10,20H,4-5,7,9,11H2,1H3. The summed E-state index contributed by atoms with van der Waals surface area (Å²) in [4.78, 5) is 11.2. The average molecular weight is 269 g/mol. The number of hydrogen-bond donors (Lipinski definition) is 1. The van der Waals surface area contributed by atoms with Gasteiger partial charge in [-0.1, -0.05) is 18.2 Å². The molecule has 2 heterocycles. The van der Waals surface area contributed by atoms with E-state index in [2.05, 4.69) is 39.1 Å². The molecule has 0 amide bonds. The lowest BCUT2D eigenvalue weighted by atomic mass is 10.1. The Bertz CT molecular complexity index is 612. The van der Waals surface area contributed by atoms with E-state index >= 15 is 0 Å². The maximum Gasteiger partial charge on any atom is 0.230 e. The van der Waals surface area contributed by atoms with Crippen molar-refractivity contribution >= 4 is 11.6 Å². The lowest BCUT2D eigenvalue weighted by Gasteiger charge is -2.23. The van der Waals surface area contributed by atoms with Gasteiger partial charge < -0.3 is 10.0 Å². The van der Waals surface area contributed by atoms with Crippen LogP contribution in [0.1, 0.15) is 29.7 Å². The van der Waals surface area contributed by atoms with Gasteiger partial charge in [0.2, 0.25) is 5.95 Å². The fourth-order valence-electron chi connectivity index (χ4n) is 2.66. The van der Waals surface area contributed by atoms with Crippen molar-refractivity contribution in [2.24, 2.45) is 0 Å². The Morgan fingerprint density at radius 1 is 1.25 bits per heavy atom. The molecule has 0 saturated heterocycles. The summed E-state index contributed by atoms with van der Waals surface area (Å²) in [5.41, 5.74) is 4.20. The number of aliphatic hydroxyl groups is 1. The number of nitrogens with zero attached hydrogens (tertiary/aromatic N) is 3. The molecule has 1 aromatic heterocycles. The number of anilines is 2. The van der Waals surface area contributed by atoms with Gasteiger partial charge >= 0.3 is 0 Å². The fourth-order valence-corrected chi connectivity index (χ4v) is 2.66. The molecule has 0 atom stereocenters. The molecule has 4 nitrogen and oxygen atoms in total. The summed E-state index contributed by atoms with van der Waals surface area (Å²) >= 11 is 0. The van der Waals surface area contributed by atoms with E-state index in [0.717, 1.165) is 36.6 Å². The van der Waals surface area contributed by atoms with Crippen LogP contribution in [0.15, 0.2) is 30.5 Å². The SMILES string of the molecule is Cc1nc(N2CCCCc3ccccc32)ncc1CO. The molecule has 1 N–H and O–H groups in total. The van der Waals surface area contributed by atoms with Crippen molar-refractivity contribution in [1.82, 2.24) is 9.97 Å². The number of benzene rings is 1. The third-order valence-electron chi connectivity index (χ3n) is 3.84. The van der Waals surface area contributed by atoms with Crippen LogP contribution in [-0.2, 0) is 13.0 Å². The number of fused-ring (bicyclic) bond motifs is 1. The molecule has 2 aromatic rings. The van der Waals surface area contributed by atoms with E-state index in [-0.39, 0.29) is 6.61 Å². The van der Waals surface area contributed by atoms with E-state index < -0.39 is 0 Å². The second kappa shape index (κ2) is 5.59. The molecule has 1 aromatic carbocycles. The van der Waals surface area contributed by atoms with Crippen molar-refractivity contribution in [3.63, 3.8) is 0 Å². The minimum absolute atomic E-state index is 0.0112. The van der Waals surface area contributed by atoms with Crippen LogP contribution in [0.25, 0.3) is 0 Å². The highest BCUT2D eigenvalue weighted by atomic mass is 16.3. The van der Waals surface area contributed by atoms with Gasteiger partial charge in [0.1, 0.15) is 0 Å². The fraction of sp³-hybridized carbons (Fsp3) is 0.375. The van der Waals surface area contributed by atoms with Crippen LogP contribution in [0.2, 0.25) is 0 Å². The summed E-state index contributed by atoms with van der Waals surface area (Å²) in [7, 11) is 0. The number of hydrogen-bond acceptors (Lipinski definition) is 4. The highest BCUT2D eigenvalue weighted by Gasteiger charge is 2.18. The van der Waals surface area contributed by atoms with Crippen LogP contribution < -0.4 is 4.90 Å². The molecule has 0 radical (unpaired) electrons. The first-order valence-electron chi connectivity index (χ1n) is 7.08. The minimum Gasteiger partial charge on any atom is -0.392 e. The van der Waals surface area contributed by atoms with Gasteiger partial charge in [0.05, 0.1) is 6.61 Å². The van der Waals surface area contributed by atoms with E-state index in [4.69, 9.17) is 0 Å². The first-order valence-corrected chi connectivity index (χ1v) is 7.08. The molecule has 4 heteroatoms. The summed E-state index contributed by atoms with van der Waals surface area (Å²) in [5, 5.41) is 9.23. The maximum atomic E-state index is 9.23. The summed E-state index contributed by atoms with van der Waals surface area (Å²) in [5.74, 6) is 0.731. The van der Waals surface area contributed by atoms with E-state index in [0.29, 0.717) is 0 Å². The molecular weight excluding hydrogens is 250 g/mol. The number of para-hydroxylation sites is 1. The molecule has 1 aliphatic heterocycles. The lowest BCUT2D eigenvalue weighted by molar-refractivity contribution is 0.280. The predicted molar refractivity (Wildman–Crippen MR) is 79.1 cm³/mol. The maximum absolute atomic E-state index is 9.23. The molecule has 3 rings (SSSR count). The van der Waals surface area contributed by atoms with Crippen LogP contribution in [0, 0.1) is 6.92 Å². The quantitative estimate of drug-likeness (QED) is 0.910. The smallest absolute Gasteiger partial charge is 0.230 e. The Kier molecular flexibility index (Phi) is 3.65. The van der Waals surface area contributed by atoms with Crippen molar-refractivity contribution in [1.29, 1.82) is 0 Å². The van der Waals surface area contributed by atoms with Crippen molar-refractivity contribution < 1.29 is 5.11 Å². The predicted octanol–water partition coefficient (Wildman–Crippen LogP) is 2.75. The molecule has 1 aliphatic rings. The molecule has 20 heavy (non-hydrogen) atoms. The third-order valence-corrected chi connectivity index (χ3v) is 3.84. The van der Waals surface area contributed by atoms with Crippen LogP contribution in [-0.4, -0.2) is 21.6 Å². The molecular formula is C16H19N3O. The zero-order valence-electron chi connectivity index (χ0n) is 11.7. The van der Waals surface area contributed by atoms with Crippen LogP contribution in [0.5, 0.6) is 0 Å². The monoisotopic (exact) mass is 269 g/mol. The Morgan fingerprint density at radius 3 is 2.90 bits per heavy atom. The number of rotatable bonds is 2. The zero-order valence-corrected chi connectivity index (χ0v) is 11.7. The van der Waals surface area contributed by atoms with Gasteiger partial charge in [-0.15, -0.1) is 0 Å². The van der Waals surface area contributed by atoms with Gasteiger partial charge in [-0.3, -0.25) is 0 Å². The highest BCUT2D eigenvalue weighted by molar-refractivity contribution is 5.62. The van der Waals surface area contributed by atoms with Gasteiger partial charge in [-0.25, -0.2) is 9.97 Å². The second-order valence-corrected chi connectivity index (χ2v) is 5.18. The molecule has 0 fully saturated rings. The van der Waals surface area contributed by atoms with E-state index in [1.165, 1.54) is 17.7 Å². The summed E-state index contributed by atoms with van der Waals surface area (Å²) < 4.78 is 0. The Morgan fingerprint density at radius 2 is 2.10 bits per heavy atom. The Hall–Kier alpha value is -1.94. The zero-order chi connectivity index (χ0) is 13.9. The Labute approximate surface area is 119 Å². The van der Waals surface area contributed by atoms with Crippen molar-refractivity contribution in [3.8, 4) is 0 Å². The minimum atomic E-state index is -0.0112. The largest absolute Gasteiger partial charge is 0.392 e. The number of aliphatic hydroxyl groups excluding tert-OH is 1. The van der Waals surface area contributed by atoms with E-state index in [1.807, 2.05) is 6.92 Å². The van der Waals surface area contributed by atoms with Crippen LogP contribution in [0.4, 0.5) is 11.6 Å². The van der Waals surface area contributed by atoms with Crippen LogP contribution in [0.3, 0.4) is 0 Å². The summed E-state index contributed by atoms with van der Waals surface area (Å²) in [6.45, 7) is 2.85. The highest BCUT2D eigenvalue weighted by Crippen LogP contribution is 2.30. The van der Waals surface area contributed by atoms with Crippen LogP contribution >= 0.6 is 0 Å². The lowest BCUT2D eigenvalue weighted by Crippen LogP contribution is -2.21. The first-order chi connectivity index (χ1) is 9.79. The molecule has 0 spiro atoms. The van der Waals surface area contributed by atoms with E-state index in [9.17, 15) is 5.11 Å². The van der Waals surface area contributed by atoms with Crippen molar-refractivity contribution in [2.75, 3.05) is 11.4 Å². The number of aromatic nitrogens is 2. The topological polar surface area (TPSA) is 49.2 Å². The van der Waals surface area contributed by atoms with Gasteiger partial charge in [-0.2, -0.15) is 0 Å². The van der Waals surface area contributed by atoms with Crippen molar-refractivity contribution in [2.45, 2.75) is 32.8 Å². The van der Waals surface area contributed by atoms with Gasteiger partial charge in [0.25, 0.3) is 0 Å². The molecule has 0 unspecified atom stereocenters. The van der Waals surface area contributed by atoms with Gasteiger partial charge in [0, 0.05) is 29.7 Å². The molecule has 0 aliphatic carbocycles. The molecule has 104 valence electrons. The van der Waals surface area contributed by atoms with Gasteiger partial charge in [-0.05, 0) is 37.8 Å². The second-order valence-electron chi connectivity index (χ2n) is 5.18. The molecule has 0 saturated carbocycles. The average Bonchev–Trinajstić information content (AvgIpc) is 2.69. The summed E-state index contributed by atoms with van der Waals surface area (Å²) in [6.07, 6.45) is 5.17. The van der Waals surface area contributed by atoms with Gasteiger partial charge in [0.15, 0.2) is 0 Å². The molecule has 0 bridgehead atoms. The third kappa shape index (κ3) is 2.39. The first kappa shape index (κ1) is 13.1. The van der Waals surface area contributed by atoms with Crippen molar-refractivity contribution in [3.05, 3.63) is 47.3 Å².